The molecule has 0 spiro atoms. The Kier molecular flexibility index (Phi) is 35.9. The number of rotatable bonds is 38. The molecule has 53 heavy (non-hydrogen) atoms. The SMILES string of the molecule is CC/C=C\C/C=C\C/C=C\C/C=C\CCCOCC(COP(=O)([O-])OCC[N+](C)(C)C)OC(=O)CCCCCCCCC/C=C\CCCCCCCC. The highest BCUT2D eigenvalue weighted by Gasteiger charge is 2.20. The van der Waals surface area contributed by atoms with Crippen molar-refractivity contribution in [3.8, 4) is 0 Å². The van der Waals surface area contributed by atoms with Gasteiger partial charge in [0.25, 0.3) is 7.82 Å². The summed E-state index contributed by atoms with van der Waals surface area (Å²) in [5.41, 5.74) is 0. The number of esters is 1. The maximum Gasteiger partial charge on any atom is 0.306 e. The molecule has 0 aromatic carbocycles. The topological polar surface area (TPSA) is 94.1 Å². The molecule has 0 saturated carbocycles. The van der Waals surface area contributed by atoms with Crippen LogP contribution in [0.2, 0.25) is 0 Å². The lowest BCUT2D eigenvalue weighted by molar-refractivity contribution is -0.870. The molecule has 0 N–H and O–H groups in total. The minimum absolute atomic E-state index is 0.0128. The highest BCUT2D eigenvalue weighted by atomic mass is 31.2. The number of ether oxygens (including phenoxy) is 2. The van der Waals surface area contributed by atoms with Crippen molar-refractivity contribution in [3.05, 3.63) is 60.8 Å². The average Bonchev–Trinajstić information content (AvgIpc) is 3.11. The number of carbonyl (C=O) groups is 1. The van der Waals surface area contributed by atoms with Crippen molar-refractivity contribution in [3.63, 3.8) is 0 Å². The van der Waals surface area contributed by atoms with E-state index in [1.54, 1.807) is 0 Å². The lowest BCUT2D eigenvalue weighted by atomic mass is 10.1. The summed E-state index contributed by atoms with van der Waals surface area (Å²) in [6.07, 6.45) is 45.3. The number of hydrogen-bond acceptors (Lipinski definition) is 7. The first kappa shape index (κ1) is 51.2. The summed E-state index contributed by atoms with van der Waals surface area (Å²) in [5, 5.41) is 0. The molecule has 308 valence electrons. The minimum atomic E-state index is -4.54. The normalized spacial score (nSPS) is 14.5. The van der Waals surface area contributed by atoms with E-state index >= 15 is 0 Å². The van der Waals surface area contributed by atoms with Crippen LogP contribution in [0.25, 0.3) is 0 Å². The molecular formula is C44H80NO7P. The fourth-order valence-corrected chi connectivity index (χ4v) is 6.04. The first-order valence-electron chi connectivity index (χ1n) is 21.0. The second-order valence-corrected chi connectivity index (χ2v) is 16.4. The second-order valence-electron chi connectivity index (χ2n) is 15.0. The van der Waals surface area contributed by atoms with Gasteiger partial charge in [0.05, 0.1) is 34.4 Å². The van der Waals surface area contributed by atoms with Crippen LogP contribution in [-0.2, 0) is 27.9 Å². The summed E-state index contributed by atoms with van der Waals surface area (Å²) in [6.45, 7) is 5.12. The Morgan fingerprint density at radius 1 is 0.604 bits per heavy atom. The van der Waals surface area contributed by atoms with Gasteiger partial charge in [0.15, 0.2) is 0 Å². The van der Waals surface area contributed by atoms with Gasteiger partial charge in [-0.15, -0.1) is 0 Å². The highest BCUT2D eigenvalue weighted by molar-refractivity contribution is 7.45. The monoisotopic (exact) mass is 766 g/mol. The van der Waals surface area contributed by atoms with Crippen molar-refractivity contribution in [1.29, 1.82) is 0 Å². The average molecular weight is 766 g/mol. The van der Waals surface area contributed by atoms with Gasteiger partial charge in [0.2, 0.25) is 0 Å². The molecule has 0 rings (SSSR count). The van der Waals surface area contributed by atoms with Crippen molar-refractivity contribution in [1.82, 2.24) is 0 Å². The van der Waals surface area contributed by atoms with Gasteiger partial charge in [-0.2, -0.15) is 0 Å². The number of phosphoric ester groups is 1. The van der Waals surface area contributed by atoms with Gasteiger partial charge in [-0.3, -0.25) is 9.36 Å². The number of likely N-dealkylation sites (N-methyl/N-ethyl adjacent to an activating group) is 1. The van der Waals surface area contributed by atoms with Gasteiger partial charge in [-0.25, -0.2) is 0 Å². The van der Waals surface area contributed by atoms with Crippen LogP contribution >= 0.6 is 7.82 Å². The lowest BCUT2D eigenvalue weighted by Gasteiger charge is -2.28. The quantitative estimate of drug-likeness (QED) is 0.0203. The number of carbonyl (C=O) groups excluding carboxylic acids is 1. The van der Waals surface area contributed by atoms with Crippen LogP contribution in [0.4, 0.5) is 0 Å². The molecular weight excluding hydrogens is 685 g/mol. The molecule has 0 aromatic heterocycles. The summed E-state index contributed by atoms with van der Waals surface area (Å²) >= 11 is 0. The van der Waals surface area contributed by atoms with Gasteiger partial charge in [-0.1, -0.05) is 139 Å². The van der Waals surface area contributed by atoms with Crippen LogP contribution in [0.15, 0.2) is 60.8 Å². The van der Waals surface area contributed by atoms with E-state index in [4.69, 9.17) is 18.5 Å². The van der Waals surface area contributed by atoms with Crippen molar-refractivity contribution < 1.29 is 37.3 Å². The Morgan fingerprint density at radius 2 is 1.09 bits per heavy atom. The minimum Gasteiger partial charge on any atom is -0.756 e. The van der Waals surface area contributed by atoms with Gasteiger partial charge in [0.1, 0.15) is 19.3 Å². The van der Waals surface area contributed by atoms with E-state index < -0.39 is 13.9 Å². The summed E-state index contributed by atoms with van der Waals surface area (Å²) < 4.78 is 34.4. The molecule has 0 aromatic rings. The van der Waals surface area contributed by atoms with Crippen LogP contribution < -0.4 is 4.89 Å². The van der Waals surface area contributed by atoms with Crippen molar-refractivity contribution in [2.75, 3.05) is 54.1 Å². The Labute approximate surface area is 326 Å². The van der Waals surface area contributed by atoms with E-state index in [0.717, 1.165) is 57.8 Å². The van der Waals surface area contributed by atoms with Crippen LogP contribution in [0.1, 0.15) is 155 Å². The first-order chi connectivity index (χ1) is 25.6. The van der Waals surface area contributed by atoms with Crippen LogP contribution in [0, 0.1) is 0 Å². The van der Waals surface area contributed by atoms with E-state index in [2.05, 4.69) is 74.6 Å². The number of quaternary nitrogens is 1. The summed E-state index contributed by atoms with van der Waals surface area (Å²) in [4.78, 5) is 25.0. The zero-order chi connectivity index (χ0) is 39.1. The molecule has 0 radical (unpaired) electrons. The zero-order valence-corrected chi connectivity index (χ0v) is 35.6. The van der Waals surface area contributed by atoms with E-state index in [1.165, 1.54) is 77.0 Å². The molecule has 0 fully saturated rings. The largest absolute Gasteiger partial charge is 0.756 e. The molecule has 0 heterocycles. The number of nitrogens with zero attached hydrogens (tertiary/aromatic N) is 1. The van der Waals surface area contributed by atoms with Crippen molar-refractivity contribution >= 4 is 13.8 Å². The van der Waals surface area contributed by atoms with Crippen molar-refractivity contribution in [2.45, 2.75) is 161 Å². The molecule has 0 aliphatic carbocycles. The van der Waals surface area contributed by atoms with E-state index in [-0.39, 0.29) is 25.8 Å². The fourth-order valence-electron chi connectivity index (χ4n) is 5.31. The third-order valence-electron chi connectivity index (χ3n) is 8.55. The van der Waals surface area contributed by atoms with Gasteiger partial charge in [-0.05, 0) is 70.6 Å². The van der Waals surface area contributed by atoms with Crippen LogP contribution in [-0.4, -0.2) is 70.7 Å². The van der Waals surface area contributed by atoms with Gasteiger partial charge < -0.3 is 27.9 Å². The summed E-state index contributed by atoms with van der Waals surface area (Å²) in [7, 11) is 1.31. The molecule has 9 heteroatoms. The standard InChI is InChI=1S/C44H80NO7P/c1-6-8-10-12-14-16-18-20-22-23-24-25-27-29-31-33-35-37-44(46)52-43(42-51-53(47,48)50-40-38-45(3,4)5)41-49-39-36-34-32-30-28-26-21-19-17-15-13-11-9-7-2/h9,11,15,17,20-22,26,30,32,43H,6-8,10,12-14,16,18-19,23-25,27-29,31,33-42H2,1-5H3/b11-9-,17-15-,22-20-,26-21-,32-30-. The maximum atomic E-state index is 12.7. The Morgan fingerprint density at radius 3 is 1.66 bits per heavy atom. The van der Waals surface area contributed by atoms with Crippen LogP contribution in [0.5, 0.6) is 0 Å². The maximum absolute atomic E-state index is 12.7. The molecule has 0 bridgehead atoms. The third-order valence-corrected chi connectivity index (χ3v) is 9.52. The van der Waals surface area contributed by atoms with E-state index in [1.807, 2.05) is 21.1 Å². The number of unbranched alkanes of at least 4 members (excludes halogenated alkanes) is 14. The predicted molar refractivity (Wildman–Crippen MR) is 222 cm³/mol. The lowest BCUT2D eigenvalue weighted by Crippen LogP contribution is -2.37. The Balaban J connectivity index is 4.35. The Bertz CT molecular complexity index is 1030. The molecule has 8 nitrogen and oxygen atoms in total. The predicted octanol–water partition coefficient (Wildman–Crippen LogP) is 11.5. The van der Waals surface area contributed by atoms with Crippen molar-refractivity contribution in [2.24, 2.45) is 0 Å². The molecule has 2 unspecified atom stereocenters. The summed E-state index contributed by atoms with van der Waals surface area (Å²) in [5.74, 6) is -0.360. The summed E-state index contributed by atoms with van der Waals surface area (Å²) in [6, 6.07) is 0. The zero-order valence-electron chi connectivity index (χ0n) is 34.7. The molecule has 0 amide bonds. The second kappa shape index (κ2) is 37.1. The van der Waals surface area contributed by atoms with E-state index in [9.17, 15) is 14.3 Å². The van der Waals surface area contributed by atoms with Gasteiger partial charge >= 0.3 is 5.97 Å². The highest BCUT2D eigenvalue weighted by Crippen LogP contribution is 2.38. The Hall–Kier alpha value is -1.80. The molecule has 0 aliphatic heterocycles. The third kappa shape index (κ3) is 41.2. The van der Waals surface area contributed by atoms with Gasteiger partial charge in [0, 0.05) is 13.0 Å². The molecule has 0 aliphatic rings. The van der Waals surface area contributed by atoms with Crippen LogP contribution in [0.3, 0.4) is 0 Å². The molecule has 0 saturated heterocycles. The number of hydrogen-bond donors (Lipinski definition) is 0. The molecule has 2 atom stereocenters. The number of phosphoric acid groups is 1. The smallest absolute Gasteiger partial charge is 0.306 e. The first-order valence-corrected chi connectivity index (χ1v) is 22.5. The fraction of sp³-hybridized carbons (Fsp3) is 0.750. The number of allylic oxidation sites excluding steroid dienone is 10. The van der Waals surface area contributed by atoms with E-state index in [0.29, 0.717) is 24.1 Å².